The maximum absolute atomic E-state index is 13.0. The molecule has 0 spiro atoms. The van der Waals surface area contributed by atoms with Crippen LogP contribution in [0.3, 0.4) is 0 Å². The van der Waals surface area contributed by atoms with Crippen molar-refractivity contribution in [2.24, 2.45) is 0 Å². The fraction of sp³-hybridized carbons (Fsp3) is 0.500. The van der Waals surface area contributed by atoms with E-state index in [-0.39, 0.29) is 12.1 Å². The molecule has 2 heterocycles. The van der Waals surface area contributed by atoms with Crippen LogP contribution in [0.25, 0.3) is 0 Å². The van der Waals surface area contributed by atoms with E-state index in [1.54, 1.807) is 12.3 Å². The molecule has 136 valence electrons. The number of rotatable bonds is 4. The highest BCUT2D eigenvalue weighted by Gasteiger charge is 2.35. The van der Waals surface area contributed by atoms with Crippen LogP contribution in [0.15, 0.2) is 36.5 Å². The molecule has 1 saturated heterocycles. The van der Waals surface area contributed by atoms with Crippen LogP contribution in [0.4, 0.5) is 13.2 Å². The maximum Gasteiger partial charge on any atom is 0.416 e. The predicted octanol–water partition coefficient (Wildman–Crippen LogP) is 3.79. The van der Waals surface area contributed by atoms with Crippen LogP contribution in [-0.2, 0) is 12.7 Å². The molecule has 1 aromatic carbocycles. The van der Waals surface area contributed by atoms with Crippen LogP contribution < -0.4 is 0 Å². The van der Waals surface area contributed by atoms with Gasteiger partial charge in [0.2, 0.25) is 0 Å². The Morgan fingerprint density at radius 1 is 1.28 bits per heavy atom. The summed E-state index contributed by atoms with van der Waals surface area (Å²) in [7, 11) is 0. The van der Waals surface area contributed by atoms with Crippen LogP contribution in [-0.4, -0.2) is 32.4 Å². The third kappa shape index (κ3) is 3.88. The number of hydrogen-bond acceptors (Lipinski definition) is 3. The molecule has 0 aliphatic carbocycles. The molecule has 7 heteroatoms. The minimum atomic E-state index is -4.37. The molecule has 0 bridgehead atoms. The van der Waals surface area contributed by atoms with Gasteiger partial charge >= 0.3 is 6.18 Å². The molecule has 1 N–H and O–H groups in total. The number of aliphatic hydroxyl groups excluding tert-OH is 1. The van der Waals surface area contributed by atoms with Crippen molar-refractivity contribution in [3.8, 4) is 0 Å². The van der Waals surface area contributed by atoms with Gasteiger partial charge in [0.05, 0.1) is 17.4 Å². The van der Waals surface area contributed by atoms with E-state index < -0.39 is 17.8 Å². The van der Waals surface area contributed by atoms with Gasteiger partial charge in [-0.3, -0.25) is 9.58 Å². The van der Waals surface area contributed by atoms with E-state index in [2.05, 4.69) is 5.10 Å². The second-order valence-electron chi connectivity index (χ2n) is 6.82. The van der Waals surface area contributed by atoms with E-state index >= 15 is 0 Å². The van der Waals surface area contributed by atoms with E-state index in [4.69, 9.17) is 0 Å². The first-order valence-corrected chi connectivity index (χ1v) is 8.37. The summed E-state index contributed by atoms with van der Waals surface area (Å²) in [6.45, 7) is 5.03. The Hall–Kier alpha value is -1.86. The monoisotopic (exact) mass is 353 g/mol. The fourth-order valence-corrected chi connectivity index (χ4v) is 3.46. The molecule has 1 aliphatic rings. The normalized spacial score (nSPS) is 22.0. The minimum absolute atomic E-state index is 0.199. The summed E-state index contributed by atoms with van der Waals surface area (Å²) < 4.78 is 40.9. The quantitative estimate of drug-likeness (QED) is 0.909. The Morgan fingerprint density at radius 2 is 2.04 bits per heavy atom. The molecule has 1 fully saturated rings. The number of halogens is 3. The lowest BCUT2D eigenvalue weighted by atomic mass is 10.0. The molecule has 4 nitrogen and oxygen atoms in total. The minimum Gasteiger partial charge on any atom is -0.392 e. The Morgan fingerprint density at radius 3 is 2.72 bits per heavy atom. The van der Waals surface area contributed by atoms with Crippen molar-refractivity contribution in [3.05, 3.63) is 53.3 Å². The number of aromatic nitrogens is 2. The molecule has 1 aromatic heterocycles. The van der Waals surface area contributed by atoms with Gasteiger partial charge in [-0.25, -0.2) is 0 Å². The summed E-state index contributed by atoms with van der Waals surface area (Å²) in [5.41, 5.74) is 0.918. The van der Waals surface area contributed by atoms with Crippen molar-refractivity contribution >= 4 is 0 Å². The fourth-order valence-electron chi connectivity index (χ4n) is 3.46. The van der Waals surface area contributed by atoms with Crippen LogP contribution in [0.1, 0.15) is 49.2 Å². The van der Waals surface area contributed by atoms with Crippen molar-refractivity contribution < 1.29 is 18.3 Å². The zero-order chi connectivity index (χ0) is 18.2. The van der Waals surface area contributed by atoms with Gasteiger partial charge < -0.3 is 5.11 Å². The van der Waals surface area contributed by atoms with E-state index in [0.717, 1.165) is 11.8 Å². The summed E-state index contributed by atoms with van der Waals surface area (Å²) in [6, 6.07) is 7.26. The van der Waals surface area contributed by atoms with Crippen LogP contribution >= 0.6 is 0 Å². The van der Waals surface area contributed by atoms with E-state index in [1.807, 2.05) is 29.5 Å². The summed E-state index contributed by atoms with van der Waals surface area (Å²) >= 11 is 0. The molecule has 2 aromatic rings. The summed E-state index contributed by atoms with van der Waals surface area (Å²) in [6.07, 6.45) is -2.76. The molecule has 25 heavy (non-hydrogen) atoms. The Kier molecular flexibility index (Phi) is 4.88. The molecule has 0 unspecified atom stereocenters. The maximum atomic E-state index is 13.0. The van der Waals surface area contributed by atoms with Gasteiger partial charge in [-0.2, -0.15) is 18.3 Å². The van der Waals surface area contributed by atoms with Crippen LogP contribution in [0, 0.1) is 0 Å². The zero-order valence-corrected chi connectivity index (χ0v) is 14.2. The second-order valence-corrected chi connectivity index (χ2v) is 6.82. The van der Waals surface area contributed by atoms with Gasteiger partial charge in [0.1, 0.15) is 0 Å². The first-order valence-electron chi connectivity index (χ1n) is 8.37. The number of likely N-dealkylation sites (tertiary alicyclic amines) is 1. The first kappa shape index (κ1) is 17.9. The number of aliphatic hydroxyl groups is 1. The van der Waals surface area contributed by atoms with Crippen molar-refractivity contribution in [2.75, 3.05) is 6.54 Å². The van der Waals surface area contributed by atoms with Crippen molar-refractivity contribution in [1.82, 2.24) is 14.7 Å². The number of β-amino-alcohol motifs (C(OH)–C–C–N with tert-alkyl or cyclic N) is 1. The van der Waals surface area contributed by atoms with Crippen LogP contribution in [0.2, 0.25) is 0 Å². The summed E-state index contributed by atoms with van der Waals surface area (Å²) in [4.78, 5) is 2.02. The third-order valence-corrected chi connectivity index (χ3v) is 4.59. The average Bonchev–Trinajstić information content (AvgIpc) is 3.13. The Labute approximate surface area is 144 Å². The molecular weight excluding hydrogens is 331 g/mol. The van der Waals surface area contributed by atoms with E-state index in [0.29, 0.717) is 25.1 Å². The highest BCUT2D eigenvalue weighted by atomic mass is 19.4. The number of hydrogen-bond donors (Lipinski definition) is 1. The Balaban J connectivity index is 1.86. The lowest BCUT2D eigenvalue weighted by Gasteiger charge is -2.26. The molecule has 2 atom stereocenters. The standard InChI is InChI=1S/C18H22F3N3O/c1-12(2)24-15(6-7-22-24)10-23-11-16(25)9-17(23)13-4-3-5-14(8-13)18(19,20)21/h3-8,12,16-17,25H,9-11H2,1-2H3/t16-,17-/m1/s1. The molecular formula is C18H22F3N3O. The summed E-state index contributed by atoms with van der Waals surface area (Å²) in [5, 5.41) is 14.4. The van der Waals surface area contributed by atoms with Crippen molar-refractivity contribution in [3.63, 3.8) is 0 Å². The Bertz CT molecular complexity index is 726. The van der Waals surface area contributed by atoms with Gasteiger partial charge in [0, 0.05) is 31.4 Å². The lowest BCUT2D eigenvalue weighted by Crippen LogP contribution is -2.26. The molecule has 0 amide bonds. The number of alkyl halides is 3. The molecule has 0 radical (unpaired) electrons. The highest BCUT2D eigenvalue weighted by Crippen LogP contribution is 2.37. The molecule has 1 aliphatic heterocycles. The lowest BCUT2D eigenvalue weighted by molar-refractivity contribution is -0.137. The number of nitrogens with zero attached hydrogens (tertiary/aromatic N) is 3. The van der Waals surface area contributed by atoms with E-state index in [1.165, 1.54) is 12.1 Å². The highest BCUT2D eigenvalue weighted by molar-refractivity contribution is 5.29. The summed E-state index contributed by atoms with van der Waals surface area (Å²) in [5.74, 6) is 0. The average molecular weight is 353 g/mol. The smallest absolute Gasteiger partial charge is 0.392 e. The topological polar surface area (TPSA) is 41.3 Å². The van der Waals surface area contributed by atoms with Gasteiger partial charge in [0.15, 0.2) is 0 Å². The van der Waals surface area contributed by atoms with Gasteiger partial charge in [0.25, 0.3) is 0 Å². The predicted molar refractivity (Wildman–Crippen MR) is 87.8 cm³/mol. The van der Waals surface area contributed by atoms with Gasteiger partial charge in [-0.1, -0.05) is 12.1 Å². The second kappa shape index (κ2) is 6.80. The SMILES string of the molecule is CC(C)n1nccc1CN1C[C@H](O)C[C@@H]1c1cccc(C(F)(F)F)c1. The third-order valence-electron chi connectivity index (χ3n) is 4.59. The molecule has 3 rings (SSSR count). The van der Waals surface area contributed by atoms with Crippen LogP contribution in [0.5, 0.6) is 0 Å². The van der Waals surface area contributed by atoms with Gasteiger partial charge in [-0.15, -0.1) is 0 Å². The van der Waals surface area contributed by atoms with Crippen molar-refractivity contribution in [1.29, 1.82) is 0 Å². The molecule has 0 saturated carbocycles. The first-order chi connectivity index (χ1) is 11.8. The van der Waals surface area contributed by atoms with Crippen molar-refractivity contribution in [2.45, 2.75) is 51.2 Å². The largest absolute Gasteiger partial charge is 0.416 e. The number of benzene rings is 1. The van der Waals surface area contributed by atoms with E-state index in [9.17, 15) is 18.3 Å². The van der Waals surface area contributed by atoms with Gasteiger partial charge in [-0.05, 0) is 44.0 Å². The zero-order valence-electron chi connectivity index (χ0n) is 14.2.